The molecule has 6 fully saturated rings. The summed E-state index contributed by atoms with van der Waals surface area (Å²) in [5.41, 5.74) is -0.869. The van der Waals surface area contributed by atoms with E-state index in [9.17, 15) is 4.79 Å². The van der Waals surface area contributed by atoms with Gasteiger partial charge < -0.3 is 28.4 Å². The number of nitrogens with zero attached hydrogens (tertiary/aromatic N) is 8. The summed E-state index contributed by atoms with van der Waals surface area (Å²) in [5, 5.41) is 49.8. The van der Waals surface area contributed by atoms with Crippen molar-refractivity contribution >= 4 is 12.2 Å². The van der Waals surface area contributed by atoms with Crippen LogP contribution in [0.2, 0.25) is 0 Å². The summed E-state index contributed by atoms with van der Waals surface area (Å²) in [5.74, 6) is 7.40. The van der Waals surface area contributed by atoms with Gasteiger partial charge in [0.1, 0.15) is 31.0 Å². The van der Waals surface area contributed by atoms with Crippen molar-refractivity contribution < 1.29 is 38.0 Å². The van der Waals surface area contributed by atoms with Crippen molar-refractivity contribution in [2.24, 2.45) is 69.2 Å². The molecule has 2 bridgehead atoms. The molecule has 6 aliphatic rings. The van der Waals surface area contributed by atoms with E-state index >= 15 is 0 Å². The first-order chi connectivity index (χ1) is 31.8. The van der Waals surface area contributed by atoms with Gasteiger partial charge in [0.15, 0.2) is 0 Å². The molecule has 0 N–H and O–H groups in total. The predicted octanol–water partition coefficient (Wildman–Crippen LogP) is 10.4. The monoisotopic (exact) mass is 917 g/mol. The molecule has 0 radical (unpaired) electrons. The lowest BCUT2D eigenvalue weighted by atomic mass is 9.69. The lowest BCUT2D eigenvalue weighted by Crippen LogP contribution is -2.42. The molecule has 6 rings (SSSR count). The second-order valence-corrected chi connectivity index (χ2v) is 19.3. The minimum absolute atomic E-state index is 0.331. The Balaban J connectivity index is 0.000000415. The third-order valence-corrected chi connectivity index (χ3v) is 14.5. The maximum atomic E-state index is 9.91. The van der Waals surface area contributed by atoms with Crippen molar-refractivity contribution in [2.45, 2.75) is 168 Å². The smallest absolute Gasteiger partial charge is 0.286 e. The van der Waals surface area contributed by atoms with E-state index in [0.717, 1.165) is 77.0 Å². The zero-order valence-corrected chi connectivity index (χ0v) is 40.6. The minimum Gasteiger partial charge on any atom is -0.428 e. The Morgan fingerprint density at radius 1 is 0.470 bits per heavy atom. The molecule has 0 amide bonds. The summed E-state index contributed by atoms with van der Waals surface area (Å²) in [6.07, 6.45) is 35.5. The van der Waals surface area contributed by atoms with Crippen molar-refractivity contribution in [3.05, 3.63) is 0 Å². The van der Waals surface area contributed by atoms with Crippen molar-refractivity contribution in [3.63, 3.8) is 0 Å². The van der Waals surface area contributed by atoms with Crippen LogP contribution in [-0.4, -0.2) is 62.9 Å². The molecule has 0 spiro atoms. The number of nitriles is 6. The van der Waals surface area contributed by atoms with Crippen LogP contribution in [0.4, 0.5) is 0 Å². The number of fused-ring (bicyclic) bond motifs is 5. The molecule has 66 heavy (non-hydrogen) atoms. The van der Waals surface area contributed by atoms with E-state index in [0.29, 0.717) is 75.0 Å². The number of ether oxygens (including phenoxy) is 6. The van der Waals surface area contributed by atoms with Crippen LogP contribution in [0.25, 0.3) is 0 Å². The van der Waals surface area contributed by atoms with Gasteiger partial charge in [0, 0.05) is 6.54 Å². The molecule has 6 saturated carbocycles. The number of isocyanates is 2. The van der Waals surface area contributed by atoms with Crippen LogP contribution in [0.3, 0.4) is 0 Å². The maximum absolute atomic E-state index is 9.91. The van der Waals surface area contributed by atoms with E-state index in [1.165, 1.54) is 36.0 Å². The summed E-state index contributed by atoms with van der Waals surface area (Å²) in [6.45, 7) is 14.6. The normalized spacial score (nSPS) is 27.3. The topological polar surface area (TPSA) is 257 Å². The highest BCUT2D eigenvalue weighted by atomic mass is 16.5. The van der Waals surface area contributed by atoms with Crippen LogP contribution < -0.4 is 0 Å². The van der Waals surface area contributed by atoms with Gasteiger partial charge in [0.25, 0.3) is 37.5 Å². The van der Waals surface area contributed by atoms with Gasteiger partial charge in [-0.05, 0) is 197 Å². The van der Waals surface area contributed by atoms with Gasteiger partial charge in [-0.25, -0.2) is 19.6 Å². The molecule has 364 valence electrons. The summed E-state index contributed by atoms with van der Waals surface area (Å²) >= 11 is 0. The van der Waals surface area contributed by atoms with Gasteiger partial charge in [-0.1, -0.05) is 19.3 Å². The molecular formula is C50H76N8O8. The molecule has 16 nitrogen and oxygen atoms in total. The molecule has 8 atom stereocenters. The van der Waals surface area contributed by atoms with Crippen molar-refractivity contribution in [3.8, 4) is 37.5 Å². The third kappa shape index (κ3) is 23.1. The van der Waals surface area contributed by atoms with Crippen LogP contribution in [-0.2, 0) is 38.0 Å². The SMILES string of the molecule is C1CC2C3CCC(C3)C2C1.CC(C)(OC#N)C1CCCC(C(C)(C)OC#N)C1.CCN=C=O.CCOC#N.N#COCC1CCC(CN=C=O)CC1.N#COCC1CCCC(COC#N)C1. The standard InChI is InChI=1S/C14H22N2O2.2C10H14N2O2.C10H16.2C3H5NO/c1-13(2,17-9-15)11-6-5-7-12(8-11)14(3,4)18-10-16;11-7-14-6-10-3-1-9(2-4-10)5-12-8-13;11-7-13-5-9-2-1-3-10(4-9)6-14-8-12;1-2-9-7-4-5-8(6-7)10(9)3-1;1-2-5-3-4;1-2-4-3-5/h11-12H,5-8H2,1-4H3;2*9-10H,1-6H2;7-10H,1-6H2;2*2H2,1H3. The fraction of sp³-hybridized carbons (Fsp3) is 0.840. The predicted molar refractivity (Wildman–Crippen MR) is 243 cm³/mol. The molecule has 16 heteroatoms. The fourth-order valence-electron chi connectivity index (χ4n) is 10.9. The molecule has 0 aromatic heterocycles. The highest BCUT2D eigenvalue weighted by Gasteiger charge is 2.49. The van der Waals surface area contributed by atoms with Crippen LogP contribution >= 0.6 is 0 Å². The van der Waals surface area contributed by atoms with Gasteiger partial charge in [-0.2, -0.15) is 31.6 Å². The Morgan fingerprint density at radius 3 is 1.27 bits per heavy atom. The zero-order chi connectivity index (χ0) is 49.1. The highest BCUT2D eigenvalue weighted by Crippen LogP contribution is 2.58. The van der Waals surface area contributed by atoms with Crippen LogP contribution in [0.5, 0.6) is 0 Å². The number of rotatable bonds is 14. The van der Waals surface area contributed by atoms with Crippen LogP contribution in [0.15, 0.2) is 9.98 Å². The largest absolute Gasteiger partial charge is 0.428 e. The molecule has 0 heterocycles. The molecule has 8 unspecified atom stereocenters. The Morgan fingerprint density at radius 2 is 0.894 bits per heavy atom. The average molecular weight is 917 g/mol. The van der Waals surface area contributed by atoms with Gasteiger partial charge in [-0.3, -0.25) is 0 Å². The number of hydrogen-bond acceptors (Lipinski definition) is 16. The lowest BCUT2D eigenvalue weighted by Gasteiger charge is -2.42. The quantitative estimate of drug-likeness (QED) is 0.0892. The number of hydrogen-bond donors (Lipinski definition) is 0. The zero-order valence-electron chi connectivity index (χ0n) is 40.6. The second-order valence-electron chi connectivity index (χ2n) is 19.3. The maximum Gasteiger partial charge on any atom is 0.286 e. The van der Waals surface area contributed by atoms with E-state index in [-0.39, 0.29) is 0 Å². The minimum atomic E-state index is -0.434. The Labute approximate surface area is 395 Å². The second kappa shape index (κ2) is 34.8. The molecular weight excluding hydrogens is 841 g/mol. The first-order valence-electron chi connectivity index (χ1n) is 24.1. The molecule has 0 saturated heterocycles. The highest BCUT2D eigenvalue weighted by molar-refractivity contribution is 5.33. The Kier molecular flexibility index (Phi) is 30.8. The summed E-state index contributed by atoms with van der Waals surface area (Å²) in [6, 6.07) is 0. The number of carbonyl (C=O) groups excluding carboxylic acids is 2. The molecule has 0 aromatic rings. The van der Waals surface area contributed by atoms with Crippen molar-refractivity contribution in [2.75, 3.05) is 39.5 Å². The van der Waals surface area contributed by atoms with Gasteiger partial charge >= 0.3 is 0 Å². The van der Waals surface area contributed by atoms with E-state index in [4.69, 9.17) is 60.1 Å². The first kappa shape index (κ1) is 58.5. The molecule has 0 aromatic carbocycles. The van der Waals surface area contributed by atoms with Gasteiger partial charge in [-0.15, -0.1) is 0 Å². The van der Waals surface area contributed by atoms with Crippen molar-refractivity contribution in [1.82, 2.24) is 0 Å². The first-order valence-corrected chi connectivity index (χ1v) is 24.1. The Hall–Kier alpha value is -5.50. The third-order valence-electron chi connectivity index (χ3n) is 14.5. The number of aliphatic imine (C=N–C) groups is 2. The van der Waals surface area contributed by atoms with Crippen molar-refractivity contribution in [1.29, 1.82) is 31.6 Å². The van der Waals surface area contributed by atoms with Crippen LogP contribution in [0.1, 0.15) is 157 Å². The van der Waals surface area contributed by atoms with E-state index in [1.54, 1.807) is 89.7 Å². The van der Waals surface area contributed by atoms with E-state index in [2.05, 4.69) is 14.7 Å². The van der Waals surface area contributed by atoms with Gasteiger partial charge in [0.05, 0.1) is 13.2 Å². The summed E-state index contributed by atoms with van der Waals surface area (Å²) < 4.78 is 28.7. The Bertz CT molecular complexity index is 1630. The lowest BCUT2D eigenvalue weighted by molar-refractivity contribution is -0.0572. The van der Waals surface area contributed by atoms with E-state index in [1.807, 2.05) is 27.7 Å². The molecule has 6 aliphatic carbocycles. The van der Waals surface area contributed by atoms with E-state index < -0.39 is 11.2 Å². The van der Waals surface area contributed by atoms with Gasteiger partial charge in [0.2, 0.25) is 12.2 Å². The fourth-order valence-corrected chi connectivity index (χ4v) is 10.9. The summed E-state index contributed by atoms with van der Waals surface area (Å²) in [4.78, 5) is 25.8. The van der Waals surface area contributed by atoms with Crippen LogP contribution in [0, 0.1) is 128 Å². The summed E-state index contributed by atoms with van der Waals surface area (Å²) in [7, 11) is 0. The molecule has 0 aliphatic heterocycles. The average Bonchev–Trinajstić information content (AvgIpc) is 4.09.